The number of azo groups is 1. The maximum absolute atomic E-state index is 13.1. The lowest BCUT2D eigenvalue weighted by molar-refractivity contribution is 0.0947. The number of amides is 1. The first-order chi connectivity index (χ1) is 16.1. The molecule has 0 fully saturated rings. The number of methoxy groups -OCH3 is 1. The van der Waals surface area contributed by atoms with Crippen LogP contribution < -0.4 is 15.8 Å². The zero-order valence-corrected chi connectivity index (χ0v) is 17.7. The van der Waals surface area contributed by atoms with E-state index in [1.807, 2.05) is 0 Å². The molecule has 1 aromatic heterocycles. The number of nitrogens with one attached hydrogen (secondary N) is 1. The number of ether oxygens (including phenoxy) is 1. The van der Waals surface area contributed by atoms with Gasteiger partial charge in [0.05, 0.1) is 12.8 Å². The summed E-state index contributed by atoms with van der Waals surface area (Å²) in [5, 5.41) is 15.2. The first kappa shape index (κ1) is 21.4. The molecule has 1 amide bonds. The summed E-state index contributed by atoms with van der Waals surface area (Å²) >= 11 is 0. The number of anilines is 2. The Morgan fingerprint density at radius 3 is 2.24 bits per heavy atom. The fraction of sp³-hybridized carbons (Fsp3) is 0.0417. The molecular formula is C24H20N6O3. The molecule has 0 aliphatic rings. The van der Waals surface area contributed by atoms with Crippen molar-refractivity contribution in [3.05, 3.63) is 96.1 Å². The van der Waals surface area contributed by atoms with Gasteiger partial charge in [0.15, 0.2) is 17.3 Å². The molecule has 0 aliphatic carbocycles. The van der Waals surface area contributed by atoms with Gasteiger partial charge in [-0.3, -0.25) is 9.59 Å². The maximum atomic E-state index is 13.1. The first-order valence-electron chi connectivity index (χ1n) is 9.97. The second kappa shape index (κ2) is 9.56. The van der Waals surface area contributed by atoms with Gasteiger partial charge in [0, 0.05) is 17.2 Å². The van der Waals surface area contributed by atoms with Crippen LogP contribution in [0.2, 0.25) is 0 Å². The second-order valence-electron chi connectivity index (χ2n) is 6.89. The van der Waals surface area contributed by atoms with Gasteiger partial charge in [-0.1, -0.05) is 42.5 Å². The van der Waals surface area contributed by atoms with Crippen molar-refractivity contribution in [2.24, 2.45) is 10.2 Å². The van der Waals surface area contributed by atoms with E-state index >= 15 is 0 Å². The van der Waals surface area contributed by atoms with Gasteiger partial charge in [0.1, 0.15) is 5.75 Å². The normalized spacial score (nSPS) is 10.8. The van der Waals surface area contributed by atoms with Crippen LogP contribution in [0.5, 0.6) is 5.75 Å². The predicted molar refractivity (Wildman–Crippen MR) is 124 cm³/mol. The number of rotatable bonds is 6. The number of aromatic nitrogens is 2. The number of benzene rings is 3. The molecule has 4 rings (SSSR count). The number of carbonyl (C=O) groups is 2. The molecule has 164 valence electrons. The van der Waals surface area contributed by atoms with E-state index in [1.165, 1.54) is 0 Å². The summed E-state index contributed by atoms with van der Waals surface area (Å²) in [6, 6.07) is 24.0. The Morgan fingerprint density at radius 1 is 0.909 bits per heavy atom. The van der Waals surface area contributed by atoms with E-state index < -0.39 is 11.8 Å². The number of carbonyl (C=O) groups excluding carboxylic acids is 2. The number of hydrogen-bond acceptors (Lipinski definition) is 7. The summed E-state index contributed by atoms with van der Waals surface area (Å²) < 4.78 is 6.22. The molecule has 0 saturated carbocycles. The standard InChI is InChI=1S/C24H20N6O3/c1-33-19-14-8-13-18(15-19)27-28-20-21(25)29-30(24(32)17-11-6-3-7-12-17)22(20)26-23(31)16-9-4-2-5-10-16/h2-15H,1H3,(H2,25,29)(H,26,31). The smallest absolute Gasteiger partial charge is 0.280 e. The average molecular weight is 440 g/mol. The van der Waals surface area contributed by atoms with Gasteiger partial charge in [-0.2, -0.15) is 9.80 Å². The van der Waals surface area contributed by atoms with Gasteiger partial charge in [0.2, 0.25) is 0 Å². The minimum absolute atomic E-state index is 0.0156. The van der Waals surface area contributed by atoms with Crippen molar-refractivity contribution >= 4 is 34.8 Å². The topological polar surface area (TPSA) is 124 Å². The Kier molecular flexibility index (Phi) is 6.21. The molecule has 0 unspecified atom stereocenters. The largest absolute Gasteiger partial charge is 0.497 e. The third-order valence-corrected chi connectivity index (χ3v) is 4.69. The Hall–Kier alpha value is -4.79. The highest BCUT2D eigenvalue weighted by Crippen LogP contribution is 2.34. The average Bonchev–Trinajstić information content (AvgIpc) is 3.18. The molecule has 3 aromatic carbocycles. The van der Waals surface area contributed by atoms with Crippen LogP contribution in [0.3, 0.4) is 0 Å². The highest BCUT2D eigenvalue weighted by molar-refractivity contribution is 6.08. The molecule has 4 aromatic rings. The zero-order valence-electron chi connectivity index (χ0n) is 17.7. The highest BCUT2D eigenvalue weighted by atomic mass is 16.5. The molecule has 0 aliphatic heterocycles. The Bertz CT molecular complexity index is 1320. The van der Waals surface area contributed by atoms with Crippen molar-refractivity contribution in [3.63, 3.8) is 0 Å². The van der Waals surface area contributed by atoms with Crippen LogP contribution in [-0.2, 0) is 0 Å². The lowest BCUT2D eigenvalue weighted by Crippen LogP contribution is -2.20. The summed E-state index contributed by atoms with van der Waals surface area (Å²) in [6.07, 6.45) is 0. The molecule has 0 atom stereocenters. The summed E-state index contributed by atoms with van der Waals surface area (Å²) in [7, 11) is 1.55. The Balaban J connectivity index is 1.76. The molecule has 9 nitrogen and oxygen atoms in total. The minimum atomic E-state index is -0.478. The van der Waals surface area contributed by atoms with E-state index in [2.05, 4.69) is 20.6 Å². The summed E-state index contributed by atoms with van der Waals surface area (Å²) in [5.74, 6) is -0.368. The predicted octanol–water partition coefficient (Wildman–Crippen LogP) is 4.83. The van der Waals surface area contributed by atoms with Crippen molar-refractivity contribution in [2.75, 3.05) is 18.2 Å². The Labute approximate surface area is 189 Å². The third-order valence-electron chi connectivity index (χ3n) is 4.69. The Morgan fingerprint density at radius 2 is 1.58 bits per heavy atom. The van der Waals surface area contributed by atoms with Crippen LogP contribution in [-0.4, -0.2) is 28.7 Å². The number of nitrogens with zero attached hydrogens (tertiary/aromatic N) is 4. The molecule has 9 heteroatoms. The third kappa shape index (κ3) is 4.77. The van der Waals surface area contributed by atoms with Crippen molar-refractivity contribution in [2.45, 2.75) is 0 Å². The van der Waals surface area contributed by atoms with Crippen LogP contribution in [0.4, 0.5) is 23.0 Å². The van der Waals surface area contributed by atoms with Gasteiger partial charge in [-0.15, -0.1) is 10.2 Å². The van der Waals surface area contributed by atoms with E-state index in [0.29, 0.717) is 22.6 Å². The molecule has 3 N–H and O–H groups in total. The van der Waals surface area contributed by atoms with E-state index in [1.54, 1.807) is 92.0 Å². The van der Waals surface area contributed by atoms with Gasteiger partial charge in [-0.25, -0.2) is 0 Å². The molecular weight excluding hydrogens is 420 g/mol. The minimum Gasteiger partial charge on any atom is -0.497 e. The van der Waals surface area contributed by atoms with E-state index in [0.717, 1.165) is 4.68 Å². The summed E-state index contributed by atoms with van der Waals surface area (Å²) in [5.41, 5.74) is 7.40. The molecule has 0 bridgehead atoms. The van der Waals surface area contributed by atoms with Crippen LogP contribution in [0.1, 0.15) is 20.7 Å². The lowest BCUT2D eigenvalue weighted by atomic mass is 10.2. The molecule has 0 radical (unpaired) electrons. The highest BCUT2D eigenvalue weighted by Gasteiger charge is 2.24. The van der Waals surface area contributed by atoms with E-state index in [9.17, 15) is 9.59 Å². The van der Waals surface area contributed by atoms with Crippen LogP contribution in [0.25, 0.3) is 0 Å². The molecule has 33 heavy (non-hydrogen) atoms. The summed E-state index contributed by atoms with van der Waals surface area (Å²) in [6.45, 7) is 0. The molecule has 0 spiro atoms. The van der Waals surface area contributed by atoms with Gasteiger partial charge < -0.3 is 15.8 Å². The molecule has 1 heterocycles. The lowest BCUT2D eigenvalue weighted by Gasteiger charge is -2.09. The van der Waals surface area contributed by atoms with Gasteiger partial charge in [-0.05, 0) is 36.4 Å². The van der Waals surface area contributed by atoms with Crippen molar-refractivity contribution < 1.29 is 14.3 Å². The van der Waals surface area contributed by atoms with E-state index in [4.69, 9.17) is 10.5 Å². The molecule has 0 saturated heterocycles. The number of nitrogens with two attached hydrogens (primary N) is 1. The number of hydrogen-bond donors (Lipinski definition) is 2. The second-order valence-corrected chi connectivity index (χ2v) is 6.89. The van der Waals surface area contributed by atoms with Crippen molar-refractivity contribution in [1.82, 2.24) is 9.78 Å². The quantitative estimate of drug-likeness (QED) is 0.416. The maximum Gasteiger partial charge on any atom is 0.280 e. The summed E-state index contributed by atoms with van der Waals surface area (Å²) in [4.78, 5) is 26.0. The monoisotopic (exact) mass is 440 g/mol. The number of nitrogen functional groups attached to an aromatic ring is 1. The van der Waals surface area contributed by atoms with Gasteiger partial charge >= 0.3 is 0 Å². The SMILES string of the molecule is COc1cccc(N=Nc2c(N)nn(C(=O)c3ccccc3)c2NC(=O)c2ccccc2)c1. The van der Waals surface area contributed by atoms with Crippen LogP contribution >= 0.6 is 0 Å². The fourth-order valence-electron chi connectivity index (χ4n) is 3.04. The van der Waals surface area contributed by atoms with Crippen LogP contribution in [0.15, 0.2) is 95.2 Å². The first-order valence-corrected chi connectivity index (χ1v) is 9.97. The van der Waals surface area contributed by atoms with Crippen molar-refractivity contribution in [3.8, 4) is 5.75 Å². The van der Waals surface area contributed by atoms with E-state index in [-0.39, 0.29) is 17.3 Å². The fourth-order valence-corrected chi connectivity index (χ4v) is 3.04. The van der Waals surface area contributed by atoms with Crippen molar-refractivity contribution in [1.29, 1.82) is 0 Å². The zero-order chi connectivity index (χ0) is 23.2. The van der Waals surface area contributed by atoms with Crippen LogP contribution in [0, 0.1) is 0 Å². The van der Waals surface area contributed by atoms with Gasteiger partial charge in [0.25, 0.3) is 11.8 Å².